The molecule has 0 amide bonds. The van der Waals surface area contributed by atoms with Crippen molar-refractivity contribution < 1.29 is 13.9 Å². The minimum Gasteiger partial charge on any atom is -0.402 e. The average molecular weight is 307 g/mol. The first-order chi connectivity index (χ1) is 11.1. The molecule has 2 aromatic carbocycles. The maximum absolute atomic E-state index is 13.7. The summed E-state index contributed by atoms with van der Waals surface area (Å²) >= 11 is 0. The van der Waals surface area contributed by atoms with E-state index < -0.39 is 11.8 Å². The normalized spacial score (nSPS) is 16.4. The zero-order valence-electron chi connectivity index (χ0n) is 12.5. The van der Waals surface area contributed by atoms with Crippen LogP contribution in [0.15, 0.2) is 76.9 Å². The molecule has 4 heteroatoms. The Morgan fingerprint density at radius 1 is 1.09 bits per heavy atom. The molecule has 3 rings (SSSR count). The SMILES string of the molecule is CC(=Cc1ccccc1)/C=C1\N=C(c2ccccc2F)OC1=O. The first kappa shape index (κ1) is 14.9. The van der Waals surface area contributed by atoms with Gasteiger partial charge in [-0.1, -0.05) is 48.5 Å². The van der Waals surface area contributed by atoms with Crippen LogP contribution in [0.2, 0.25) is 0 Å². The molecule has 1 aliphatic rings. The van der Waals surface area contributed by atoms with Crippen molar-refractivity contribution in [2.24, 2.45) is 4.99 Å². The highest BCUT2D eigenvalue weighted by atomic mass is 19.1. The molecule has 0 spiro atoms. The average Bonchev–Trinajstić information content (AvgIpc) is 2.89. The number of nitrogens with zero attached hydrogens (tertiary/aromatic N) is 1. The van der Waals surface area contributed by atoms with Crippen LogP contribution >= 0.6 is 0 Å². The summed E-state index contributed by atoms with van der Waals surface area (Å²) in [6, 6.07) is 15.8. The van der Waals surface area contributed by atoms with Crippen LogP contribution in [-0.2, 0) is 9.53 Å². The van der Waals surface area contributed by atoms with E-state index >= 15 is 0 Å². The highest BCUT2D eigenvalue weighted by Gasteiger charge is 2.25. The highest BCUT2D eigenvalue weighted by Crippen LogP contribution is 2.20. The largest absolute Gasteiger partial charge is 0.402 e. The van der Waals surface area contributed by atoms with Crippen molar-refractivity contribution in [3.8, 4) is 0 Å². The molecular weight excluding hydrogens is 293 g/mol. The molecule has 0 saturated carbocycles. The summed E-state index contributed by atoms with van der Waals surface area (Å²) in [6.07, 6.45) is 3.56. The van der Waals surface area contributed by atoms with Gasteiger partial charge in [-0.15, -0.1) is 0 Å². The summed E-state index contributed by atoms with van der Waals surface area (Å²) in [5.41, 5.74) is 2.20. The molecule has 1 aliphatic heterocycles. The smallest absolute Gasteiger partial charge is 0.363 e. The van der Waals surface area contributed by atoms with Crippen molar-refractivity contribution in [2.75, 3.05) is 0 Å². The van der Waals surface area contributed by atoms with E-state index in [0.29, 0.717) is 0 Å². The second kappa shape index (κ2) is 6.40. The van der Waals surface area contributed by atoms with E-state index in [9.17, 15) is 9.18 Å². The van der Waals surface area contributed by atoms with Crippen molar-refractivity contribution in [1.29, 1.82) is 0 Å². The Bertz CT molecular complexity index is 835. The van der Waals surface area contributed by atoms with Crippen molar-refractivity contribution in [2.45, 2.75) is 6.92 Å². The predicted octanol–water partition coefficient (Wildman–Crippen LogP) is 4.12. The van der Waals surface area contributed by atoms with E-state index in [0.717, 1.165) is 11.1 Å². The van der Waals surface area contributed by atoms with Crippen LogP contribution in [0.3, 0.4) is 0 Å². The first-order valence-electron chi connectivity index (χ1n) is 7.14. The number of allylic oxidation sites excluding steroid dienone is 2. The predicted molar refractivity (Wildman–Crippen MR) is 87.2 cm³/mol. The molecule has 0 atom stereocenters. The number of ether oxygens (including phenoxy) is 1. The Morgan fingerprint density at radius 3 is 2.52 bits per heavy atom. The lowest BCUT2D eigenvalue weighted by molar-refractivity contribution is -0.130. The summed E-state index contributed by atoms with van der Waals surface area (Å²) < 4.78 is 18.8. The van der Waals surface area contributed by atoms with Crippen LogP contribution in [0.25, 0.3) is 6.08 Å². The lowest BCUT2D eigenvalue weighted by Gasteiger charge is -1.99. The molecular formula is C19H14FNO2. The summed E-state index contributed by atoms with van der Waals surface area (Å²) in [6.45, 7) is 1.86. The second-order valence-electron chi connectivity index (χ2n) is 5.11. The number of cyclic esters (lactones) is 1. The van der Waals surface area contributed by atoms with Gasteiger partial charge in [0.1, 0.15) is 5.82 Å². The molecule has 0 radical (unpaired) electrons. The van der Waals surface area contributed by atoms with Crippen LogP contribution in [0.5, 0.6) is 0 Å². The van der Waals surface area contributed by atoms with Gasteiger partial charge in [0.05, 0.1) is 5.56 Å². The van der Waals surface area contributed by atoms with Gasteiger partial charge in [0, 0.05) is 0 Å². The molecule has 0 aliphatic carbocycles. The van der Waals surface area contributed by atoms with Crippen LogP contribution in [0.1, 0.15) is 18.1 Å². The molecule has 23 heavy (non-hydrogen) atoms. The van der Waals surface area contributed by atoms with Gasteiger partial charge in [0.2, 0.25) is 5.90 Å². The fourth-order valence-corrected chi connectivity index (χ4v) is 2.23. The molecule has 0 fully saturated rings. The Kier molecular flexibility index (Phi) is 4.15. The van der Waals surface area contributed by atoms with E-state index in [-0.39, 0.29) is 17.2 Å². The topological polar surface area (TPSA) is 38.7 Å². The third-order valence-corrected chi connectivity index (χ3v) is 3.28. The minimum atomic E-state index is -0.580. The molecule has 1 heterocycles. The third-order valence-electron chi connectivity index (χ3n) is 3.28. The Morgan fingerprint density at radius 2 is 1.78 bits per heavy atom. The van der Waals surface area contributed by atoms with Gasteiger partial charge in [-0.25, -0.2) is 14.2 Å². The molecule has 0 bridgehead atoms. The number of carbonyl (C=O) groups is 1. The van der Waals surface area contributed by atoms with E-state index in [2.05, 4.69) is 4.99 Å². The van der Waals surface area contributed by atoms with E-state index in [4.69, 9.17) is 4.74 Å². The summed E-state index contributed by atoms with van der Waals surface area (Å²) in [5.74, 6) is -1.06. The number of benzene rings is 2. The lowest BCUT2D eigenvalue weighted by atomic mass is 10.1. The fourth-order valence-electron chi connectivity index (χ4n) is 2.23. The molecule has 0 aromatic heterocycles. The number of hydrogen-bond donors (Lipinski definition) is 0. The van der Waals surface area contributed by atoms with Gasteiger partial charge in [-0.05, 0) is 36.3 Å². The number of rotatable bonds is 3. The van der Waals surface area contributed by atoms with Gasteiger partial charge >= 0.3 is 5.97 Å². The van der Waals surface area contributed by atoms with Crippen LogP contribution in [0, 0.1) is 5.82 Å². The van der Waals surface area contributed by atoms with E-state index in [1.165, 1.54) is 12.1 Å². The Balaban J connectivity index is 1.89. The van der Waals surface area contributed by atoms with E-state index in [1.807, 2.05) is 43.3 Å². The molecule has 2 aromatic rings. The number of halogens is 1. The zero-order chi connectivity index (χ0) is 16.2. The number of carbonyl (C=O) groups excluding carboxylic acids is 1. The van der Waals surface area contributed by atoms with Crippen LogP contribution in [0.4, 0.5) is 4.39 Å². The maximum Gasteiger partial charge on any atom is 0.363 e. The zero-order valence-corrected chi connectivity index (χ0v) is 12.5. The van der Waals surface area contributed by atoms with Crippen molar-refractivity contribution >= 4 is 17.9 Å². The van der Waals surface area contributed by atoms with Crippen molar-refractivity contribution in [3.05, 3.63) is 88.9 Å². The quantitative estimate of drug-likeness (QED) is 0.632. The summed E-state index contributed by atoms with van der Waals surface area (Å²) in [4.78, 5) is 16.0. The van der Waals surface area contributed by atoms with E-state index in [1.54, 1.807) is 18.2 Å². The number of esters is 1. The minimum absolute atomic E-state index is 0.00754. The molecule has 114 valence electrons. The Labute approximate surface area is 133 Å². The number of aliphatic imine (C=N–C) groups is 1. The third kappa shape index (κ3) is 3.43. The highest BCUT2D eigenvalue weighted by molar-refractivity contribution is 6.11. The van der Waals surface area contributed by atoms with Gasteiger partial charge in [0.25, 0.3) is 0 Å². The molecule has 0 unspecified atom stereocenters. The van der Waals surface area contributed by atoms with Gasteiger partial charge < -0.3 is 4.74 Å². The molecule has 0 saturated heterocycles. The van der Waals surface area contributed by atoms with Crippen molar-refractivity contribution in [1.82, 2.24) is 0 Å². The number of hydrogen-bond acceptors (Lipinski definition) is 3. The Hall–Kier alpha value is -3.01. The van der Waals surface area contributed by atoms with Gasteiger partial charge in [0.15, 0.2) is 5.70 Å². The summed E-state index contributed by atoms with van der Waals surface area (Å²) in [7, 11) is 0. The maximum atomic E-state index is 13.7. The molecule has 0 N–H and O–H groups in total. The molecule has 3 nitrogen and oxygen atoms in total. The fraction of sp³-hybridized carbons (Fsp3) is 0.0526. The lowest BCUT2D eigenvalue weighted by Crippen LogP contribution is -2.07. The van der Waals surface area contributed by atoms with Crippen LogP contribution < -0.4 is 0 Å². The summed E-state index contributed by atoms with van der Waals surface area (Å²) in [5, 5.41) is 0. The first-order valence-corrected chi connectivity index (χ1v) is 7.14. The van der Waals surface area contributed by atoms with Gasteiger partial charge in [-0.3, -0.25) is 0 Å². The monoisotopic (exact) mass is 307 g/mol. The standard InChI is InChI=1S/C19H14FNO2/c1-13(11-14-7-3-2-4-8-14)12-17-19(22)23-18(21-17)15-9-5-6-10-16(15)20/h2-12H,1H3/b13-11?,17-12-. The van der Waals surface area contributed by atoms with Crippen molar-refractivity contribution in [3.63, 3.8) is 0 Å². The second-order valence-corrected chi connectivity index (χ2v) is 5.11. The van der Waals surface area contributed by atoms with Gasteiger partial charge in [-0.2, -0.15) is 0 Å². The van der Waals surface area contributed by atoms with Crippen LogP contribution in [-0.4, -0.2) is 11.9 Å².